The number of amides is 2. The highest BCUT2D eigenvalue weighted by Crippen LogP contribution is 2.59. The van der Waals surface area contributed by atoms with E-state index in [-0.39, 0.29) is 40.7 Å². The molecule has 1 aromatic carbocycles. The first-order chi connectivity index (χ1) is 17.3. The van der Waals surface area contributed by atoms with Gasteiger partial charge in [0.2, 0.25) is 5.91 Å². The fraction of sp³-hybridized carbons (Fsp3) is 0.714. The predicted octanol–water partition coefficient (Wildman–Crippen LogP) is 4.45. The Labute approximate surface area is 218 Å². The van der Waals surface area contributed by atoms with Gasteiger partial charge in [-0.25, -0.2) is 4.39 Å². The third kappa shape index (κ3) is 5.38. The van der Waals surface area contributed by atoms with Crippen molar-refractivity contribution in [2.75, 3.05) is 19.7 Å². The van der Waals surface area contributed by atoms with Crippen LogP contribution in [0.1, 0.15) is 64.7 Å². The van der Waals surface area contributed by atoms with Crippen LogP contribution in [0, 0.1) is 34.9 Å². The number of nitrogens with one attached hydrogen (secondary N) is 3. The minimum Gasteiger partial charge on any atom is -0.484 e. The van der Waals surface area contributed by atoms with Gasteiger partial charge in [0.05, 0.1) is 10.4 Å². The van der Waals surface area contributed by atoms with Crippen molar-refractivity contribution < 1.29 is 18.7 Å². The number of piperidine rings is 1. The molecule has 36 heavy (non-hydrogen) atoms. The molecule has 4 saturated carbocycles. The van der Waals surface area contributed by atoms with Gasteiger partial charge in [0.25, 0.3) is 5.91 Å². The molecule has 3 unspecified atom stereocenters. The fourth-order valence-electron chi connectivity index (χ4n) is 7.53. The van der Waals surface area contributed by atoms with Gasteiger partial charge in [-0.2, -0.15) is 0 Å². The Morgan fingerprint density at radius 2 is 1.92 bits per heavy atom. The van der Waals surface area contributed by atoms with E-state index in [1.807, 2.05) is 0 Å². The summed E-state index contributed by atoms with van der Waals surface area (Å²) in [6.45, 7) is 3.91. The molecule has 2 bridgehead atoms. The van der Waals surface area contributed by atoms with Crippen molar-refractivity contribution in [3.63, 3.8) is 0 Å². The van der Waals surface area contributed by atoms with Crippen molar-refractivity contribution in [2.45, 2.75) is 76.8 Å². The maximum absolute atomic E-state index is 13.6. The second kappa shape index (κ2) is 10.9. The average Bonchev–Trinajstić information content (AvgIpc) is 3.39. The predicted molar refractivity (Wildman–Crippen MR) is 137 cm³/mol. The first-order valence-corrected chi connectivity index (χ1v) is 14.1. The van der Waals surface area contributed by atoms with Gasteiger partial charge in [-0.1, -0.05) is 50.6 Å². The van der Waals surface area contributed by atoms with Crippen LogP contribution in [0.4, 0.5) is 4.39 Å². The SMILES string of the molecule is CC1CCNC(CNC(=O)C23CC(C2)[C@@H](NC(=O)COc2ccc(Cl)c(F)c2)C3)C1C1CCCCC1. The topological polar surface area (TPSA) is 79.5 Å². The summed E-state index contributed by atoms with van der Waals surface area (Å²) < 4.78 is 19.0. The maximum Gasteiger partial charge on any atom is 0.258 e. The van der Waals surface area contributed by atoms with Crippen molar-refractivity contribution >= 4 is 23.4 Å². The Bertz CT molecular complexity index is 963. The molecule has 0 aromatic heterocycles. The van der Waals surface area contributed by atoms with E-state index in [1.54, 1.807) is 0 Å². The molecule has 0 spiro atoms. The van der Waals surface area contributed by atoms with Gasteiger partial charge < -0.3 is 20.7 Å². The Hall–Kier alpha value is -1.86. The van der Waals surface area contributed by atoms with E-state index in [2.05, 4.69) is 22.9 Å². The lowest BCUT2D eigenvalue weighted by Gasteiger charge is -2.44. The van der Waals surface area contributed by atoms with Gasteiger partial charge in [-0.05, 0) is 68.0 Å². The van der Waals surface area contributed by atoms with Crippen molar-refractivity contribution in [1.82, 2.24) is 16.0 Å². The van der Waals surface area contributed by atoms with E-state index in [4.69, 9.17) is 16.3 Å². The third-order valence-corrected chi connectivity index (χ3v) is 9.69. The summed E-state index contributed by atoms with van der Waals surface area (Å²) in [4.78, 5) is 25.7. The minimum absolute atomic E-state index is 0.0133. The van der Waals surface area contributed by atoms with E-state index in [9.17, 15) is 14.0 Å². The lowest BCUT2D eigenvalue weighted by atomic mass is 9.68. The quantitative estimate of drug-likeness (QED) is 0.474. The highest BCUT2D eigenvalue weighted by atomic mass is 35.5. The first-order valence-electron chi connectivity index (χ1n) is 13.7. The smallest absolute Gasteiger partial charge is 0.258 e. The van der Waals surface area contributed by atoms with Crippen molar-refractivity contribution in [2.24, 2.45) is 29.1 Å². The molecule has 1 heterocycles. The summed E-state index contributed by atoms with van der Waals surface area (Å²) in [6.07, 6.45) is 10.2. The molecule has 2 amide bonds. The molecule has 5 aliphatic rings. The summed E-state index contributed by atoms with van der Waals surface area (Å²) in [5.74, 6) is 2.00. The maximum atomic E-state index is 13.6. The minimum atomic E-state index is -0.581. The van der Waals surface area contributed by atoms with Crippen LogP contribution in [0.2, 0.25) is 5.02 Å². The Morgan fingerprint density at radius 1 is 1.14 bits per heavy atom. The van der Waals surface area contributed by atoms with Crippen molar-refractivity contribution in [3.8, 4) is 5.75 Å². The second-order valence-electron chi connectivity index (χ2n) is 11.7. The van der Waals surface area contributed by atoms with Crippen LogP contribution < -0.4 is 20.7 Å². The highest BCUT2D eigenvalue weighted by Gasteiger charge is 2.60. The van der Waals surface area contributed by atoms with Crippen LogP contribution in [0.3, 0.4) is 0 Å². The summed E-state index contributed by atoms with van der Waals surface area (Å²) in [5.41, 5.74) is -0.358. The molecule has 0 radical (unpaired) electrons. The molecule has 6 rings (SSSR count). The summed E-state index contributed by atoms with van der Waals surface area (Å²) in [5, 5.41) is 10.1. The van der Waals surface area contributed by atoms with Crippen molar-refractivity contribution in [1.29, 1.82) is 0 Å². The van der Waals surface area contributed by atoms with Crippen LogP contribution in [-0.2, 0) is 9.59 Å². The number of carbonyl (C=O) groups excluding carboxylic acids is 2. The average molecular weight is 520 g/mol. The van der Waals surface area contributed by atoms with Crippen LogP contribution in [0.15, 0.2) is 18.2 Å². The van der Waals surface area contributed by atoms with Gasteiger partial charge in [0.1, 0.15) is 11.6 Å². The molecule has 8 heteroatoms. The largest absolute Gasteiger partial charge is 0.484 e. The number of rotatable bonds is 8. The zero-order valence-corrected chi connectivity index (χ0v) is 21.9. The summed E-state index contributed by atoms with van der Waals surface area (Å²) >= 11 is 5.69. The van der Waals surface area contributed by atoms with E-state index in [1.165, 1.54) is 56.7 Å². The zero-order chi connectivity index (χ0) is 25.3. The van der Waals surface area contributed by atoms with Crippen LogP contribution >= 0.6 is 11.6 Å². The normalized spacial score (nSPS) is 34.0. The Balaban J connectivity index is 1.09. The first kappa shape index (κ1) is 25.8. The number of hydrogen-bond acceptors (Lipinski definition) is 4. The molecule has 198 valence electrons. The number of halogens is 2. The zero-order valence-electron chi connectivity index (χ0n) is 21.2. The summed E-state index contributed by atoms with van der Waals surface area (Å²) in [6, 6.07) is 4.43. The standard InChI is InChI=1S/C28H39ClFN3O3/c1-17-9-10-31-24(26(17)18-5-3-2-4-6-18)15-32-27(35)28-12-19(13-28)23(14-28)33-25(34)16-36-20-7-8-21(29)22(30)11-20/h7-8,11,17-19,23-24,26,31H,2-6,9-10,12-16H2,1H3,(H,32,35)(H,33,34)/t17?,19?,23-,24?,26?,28?/m0/s1. The molecule has 5 fully saturated rings. The third-order valence-electron chi connectivity index (χ3n) is 9.38. The molecule has 3 N–H and O–H groups in total. The molecular weight excluding hydrogens is 481 g/mol. The number of carbonyl (C=O) groups is 2. The van der Waals surface area contributed by atoms with Gasteiger partial charge >= 0.3 is 0 Å². The molecule has 1 aliphatic heterocycles. The van der Waals surface area contributed by atoms with E-state index in [0.717, 1.165) is 25.3 Å². The summed E-state index contributed by atoms with van der Waals surface area (Å²) in [7, 11) is 0. The highest BCUT2D eigenvalue weighted by molar-refractivity contribution is 6.30. The Kier molecular flexibility index (Phi) is 7.78. The van der Waals surface area contributed by atoms with E-state index >= 15 is 0 Å². The second-order valence-corrected chi connectivity index (χ2v) is 12.1. The Morgan fingerprint density at radius 3 is 2.67 bits per heavy atom. The number of benzene rings is 1. The van der Waals surface area contributed by atoms with Crippen LogP contribution in [-0.4, -0.2) is 43.6 Å². The van der Waals surface area contributed by atoms with Crippen molar-refractivity contribution in [3.05, 3.63) is 29.0 Å². The molecule has 4 atom stereocenters. The number of hydrogen-bond donors (Lipinski definition) is 3. The van der Waals surface area contributed by atoms with E-state index in [0.29, 0.717) is 36.8 Å². The molecular formula is C28H39ClFN3O3. The molecule has 4 aliphatic carbocycles. The number of fused-ring (bicyclic) bond motifs is 1. The van der Waals surface area contributed by atoms with Crippen LogP contribution in [0.5, 0.6) is 5.75 Å². The van der Waals surface area contributed by atoms with Gasteiger partial charge in [-0.3, -0.25) is 9.59 Å². The molecule has 1 aromatic rings. The fourth-order valence-corrected chi connectivity index (χ4v) is 7.64. The lowest BCUT2D eigenvalue weighted by molar-refractivity contribution is -0.135. The monoisotopic (exact) mass is 519 g/mol. The van der Waals surface area contributed by atoms with E-state index < -0.39 is 5.82 Å². The van der Waals surface area contributed by atoms with Gasteiger partial charge in [0, 0.05) is 24.7 Å². The van der Waals surface area contributed by atoms with Gasteiger partial charge in [-0.15, -0.1) is 0 Å². The van der Waals surface area contributed by atoms with Crippen LogP contribution in [0.25, 0.3) is 0 Å². The molecule has 6 nitrogen and oxygen atoms in total. The lowest BCUT2D eigenvalue weighted by Crippen LogP contribution is -2.55. The number of ether oxygens (including phenoxy) is 1. The molecule has 1 saturated heterocycles. The van der Waals surface area contributed by atoms with Gasteiger partial charge in [0.15, 0.2) is 6.61 Å².